The van der Waals surface area contributed by atoms with Crippen LogP contribution in [0.25, 0.3) is 5.57 Å². The molecule has 0 heterocycles. The molecule has 0 atom stereocenters. The number of ether oxygens (including phenoxy) is 2. The van der Waals surface area contributed by atoms with Gasteiger partial charge in [-0.2, -0.15) is 0 Å². The largest absolute Gasteiger partial charge is 0.466 e. The molecule has 1 aromatic rings. The van der Waals surface area contributed by atoms with Crippen molar-refractivity contribution in [2.24, 2.45) is 5.92 Å². The number of aryl methyl sites for hydroxylation is 1. The van der Waals surface area contributed by atoms with E-state index >= 15 is 0 Å². The maximum Gasteiger partial charge on any atom is 0.339 e. The maximum absolute atomic E-state index is 12.2. The highest BCUT2D eigenvalue weighted by molar-refractivity contribution is 6.22. The van der Waals surface area contributed by atoms with E-state index in [9.17, 15) is 9.59 Å². The number of hydrogen-bond donors (Lipinski definition) is 0. The summed E-state index contributed by atoms with van der Waals surface area (Å²) in [5, 5.41) is 0. The Morgan fingerprint density at radius 3 is 1.95 bits per heavy atom. The lowest BCUT2D eigenvalue weighted by Gasteiger charge is -2.14. The molecule has 4 heteroatoms. The van der Waals surface area contributed by atoms with Crippen molar-refractivity contribution in [1.29, 1.82) is 0 Å². The number of esters is 2. The third-order valence-electron chi connectivity index (χ3n) is 3.08. The van der Waals surface area contributed by atoms with Crippen LogP contribution in [-0.4, -0.2) is 26.2 Å². The van der Waals surface area contributed by atoms with Gasteiger partial charge in [-0.05, 0) is 24.8 Å². The van der Waals surface area contributed by atoms with E-state index in [1.165, 1.54) is 14.2 Å². The van der Waals surface area contributed by atoms with Crippen LogP contribution < -0.4 is 0 Å². The van der Waals surface area contributed by atoms with Gasteiger partial charge in [-0.25, -0.2) is 9.59 Å². The zero-order valence-corrected chi connectivity index (χ0v) is 13.2. The SMILES string of the molecule is COC(=O)/C(CC(C)C)=C(\C(=O)OC)c1ccc(C)cc1. The van der Waals surface area contributed by atoms with Gasteiger partial charge in [-0.15, -0.1) is 0 Å². The van der Waals surface area contributed by atoms with Crippen LogP contribution in [0.15, 0.2) is 29.8 Å². The topological polar surface area (TPSA) is 52.6 Å². The molecule has 0 aliphatic carbocycles. The van der Waals surface area contributed by atoms with Gasteiger partial charge in [-0.1, -0.05) is 43.7 Å². The van der Waals surface area contributed by atoms with Gasteiger partial charge in [0.1, 0.15) is 0 Å². The third-order valence-corrected chi connectivity index (χ3v) is 3.08. The van der Waals surface area contributed by atoms with Crippen molar-refractivity contribution in [1.82, 2.24) is 0 Å². The van der Waals surface area contributed by atoms with Crippen molar-refractivity contribution < 1.29 is 19.1 Å². The summed E-state index contributed by atoms with van der Waals surface area (Å²) in [4.78, 5) is 24.2. The van der Waals surface area contributed by atoms with Crippen molar-refractivity contribution >= 4 is 17.5 Å². The van der Waals surface area contributed by atoms with Gasteiger partial charge in [0.25, 0.3) is 0 Å². The molecule has 0 N–H and O–H groups in total. The van der Waals surface area contributed by atoms with E-state index in [0.717, 1.165) is 5.56 Å². The Morgan fingerprint density at radius 1 is 1.00 bits per heavy atom. The van der Waals surface area contributed by atoms with Gasteiger partial charge in [0.15, 0.2) is 0 Å². The summed E-state index contributed by atoms with van der Waals surface area (Å²) < 4.78 is 9.68. The molecule has 0 aliphatic heterocycles. The monoisotopic (exact) mass is 290 g/mol. The minimum absolute atomic E-state index is 0.212. The molecule has 0 saturated heterocycles. The molecule has 0 unspecified atom stereocenters. The highest BCUT2D eigenvalue weighted by Gasteiger charge is 2.24. The van der Waals surface area contributed by atoms with E-state index in [0.29, 0.717) is 17.6 Å². The lowest BCUT2D eigenvalue weighted by Crippen LogP contribution is -2.15. The molecule has 0 aromatic heterocycles. The molecule has 0 bridgehead atoms. The Balaban J connectivity index is 3.49. The zero-order valence-electron chi connectivity index (χ0n) is 13.2. The molecule has 4 nitrogen and oxygen atoms in total. The second-order valence-corrected chi connectivity index (χ2v) is 5.30. The second-order valence-electron chi connectivity index (χ2n) is 5.30. The fraction of sp³-hybridized carbons (Fsp3) is 0.412. The average Bonchev–Trinajstić information content (AvgIpc) is 2.46. The standard InChI is InChI=1S/C17H22O4/c1-11(2)10-14(16(18)20-4)15(17(19)21-5)13-8-6-12(3)7-9-13/h6-9,11H,10H2,1-5H3/b15-14-. The van der Waals surface area contributed by atoms with E-state index in [1.807, 2.05) is 45.0 Å². The van der Waals surface area contributed by atoms with Crippen molar-refractivity contribution in [3.8, 4) is 0 Å². The van der Waals surface area contributed by atoms with Gasteiger partial charge in [0, 0.05) is 0 Å². The normalized spacial score (nSPS) is 11.9. The molecule has 0 saturated carbocycles. The Bertz CT molecular complexity index is 538. The van der Waals surface area contributed by atoms with Crippen molar-refractivity contribution in [2.75, 3.05) is 14.2 Å². The van der Waals surface area contributed by atoms with Gasteiger partial charge < -0.3 is 9.47 Å². The summed E-state index contributed by atoms with van der Waals surface area (Å²) in [6.45, 7) is 5.92. The highest BCUT2D eigenvalue weighted by atomic mass is 16.5. The first-order valence-corrected chi connectivity index (χ1v) is 6.87. The summed E-state index contributed by atoms with van der Waals surface area (Å²) >= 11 is 0. The average molecular weight is 290 g/mol. The van der Waals surface area contributed by atoms with Gasteiger partial charge >= 0.3 is 11.9 Å². The number of carbonyl (C=O) groups is 2. The summed E-state index contributed by atoms with van der Waals surface area (Å²) in [5.41, 5.74) is 2.36. The molecular weight excluding hydrogens is 268 g/mol. The minimum atomic E-state index is -0.528. The van der Waals surface area contributed by atoms with E-state index < -0.39 is 11.9 Å². The number of hydrogen-bond acceptors (Lipinski definition) is 4. The molecule has 0 spiro atoms. The second kappa shape index (κ2) is 7.62. The Hall–Kier alpha value is -2.10. The molecule has 1 aromatic carbocycles. The fourth-order valence-corrected chi connectivity index (χ4v) is 2.06. The fourth-order valence-electron chi connectivity index (χ4n) is 2.06. The number of carbonyl (C=O) groups excluding carboxylic acids is 2. The van der Waals surface area contributed by atoms with Crippen LogP contribution in [0.3, 0.4) is 0 Å². The molecule has 0 amide bonds. The van der Waals surface area contributed by atoms with Gasteiger partial charge in [0.05, 0.1) is 25.4 Å². The Morgan fingerprint density at radius 2 is 1.52 bits per heavy atom. The molecule has 0 radical (unpaired) electrons. The minimum Gasteiger partial charge on any atom is -0.466 e. The van der Waals surface area contributed by atoms with Gasteiger partial charge in [0.2, 0.25) is 0 Å². The summed E-state index contributed by atoms with van der Waals surface area (Å²) in [7, 11) is 2.62. The number of benzene rings is 1. The van der Waals surface area contributed by atoms with Crippen molar-refractivity contribution in [3.63, 3.8) is 0 Å². The first-order chi connectivity index (χ1) is 9.90. The molecule has 1 rings (SSSR count). The summed E-state index contributed by atoms with van der Waals surface area (Å²) in [5.74, 6) is -0.811. The van der Waals surface area contributed by atoms with E-state index in [-0.39, 0.29) is 11.5 Å². The van der Waals surface area contributed by atoms with E-state index in [1.54, 1.807) is 0 Å². The molecule has 0 fully saturated rings. The first kappa shape index (κ1) is 17.0. The summed E-state index contributed by atoms with van der Waals surface area (Å²) in [6, 6.07) is 7.40. The quantitative estimate of drug-likeness (QED) is 0.617. The Labute approximate surface area is 125 Å². The van der Waals surface area contributed by atoms with E-state index in [4.69, 9.17) is 9.47 Å². The number of rotatable bonds is 5. The van der Waals surface area contributed by atoms with Crippen LogP contribution in [0.4, 0.5) is 0 Å². The summed E-state index contributed by atoms with van der Waals surface area (Å²) in [6.07, 6.45) is 0.449. The van der Waals surface area contributed by atoms with Gasteiger partial charge in [-0.3, -0.25) is 0 Å². The van der Waals surface area contributed by atoms with Crippen molar-refractivity contribution in [3.05, 3.63) is 41.0 Å². The van der Waals surface area contributed by atoms with E-state index in [2.05, 4.69) is 0 Å². The molecule has 114 valence electrons. The smallest absolute Gasteiger partial charge is 0.339 e. The first-order valence-electron chi connectivity index (χ1n) is 6.87. The highest BCUT2D eigenvalue weighted by Crippen LogP contribution is 2.26. The van der Waals surface area contributed by atoms with Crippen LogP contribution in [0.5, 0.6) is 0 Å². The van der Waals surface area contributed by atoms with Crippen LogP contribution in [0.2, 0.25) is 0 Å². The lowest BCUT2D eigenvalue weighted by atomic mass is 9.93. The Kier molecular flexibility index (Phi) is 6.15. The predicted molar refractivity (Wildman–Crippen MR) is 81.6 cm³/mol. The zero-order chi connectivity index (χ0) is 16.0. The van der Waals surface area contributed by atoms with Crippen LogP contribution >= 0.6 is 0 Å². The number of methoxy groups -OCH3 is 2. The third kappa shape index (κ3) is 4.45. The van der Waals surface area contributed by atoms with Crippen molar-refractivity contribution in [2.45, 2.75) is 27.2 Å². The van der Waals surface area contributed by atoms with Crippen LogP contribution in [-0.2, 0) is 19.1 Å². The molecular formula is C17H22O4. The molecule has 0 aliphatic rings. The van der Waals surface area contributed by atoms with Crippen LogP contribution in [0, 0.1) is 12.8 Å². The maximum atomic E-state index is 12.2. The predicted octanol–water partition coefficient (Wildman–Crippen LogP) is 3.14. The lowest BCUT2D eigenvalue weighted by molar-refractivity contribution is -0.138. The van der Waals surface area contributed by atoms with Crippen LogP contribution in [0.1, 0.15) is 31.4 Å². The molecule has 21 heavy (non-hydrogen) atoms.